The number of nitrogens with one attached hydrogen (secondary N) is 2. The SMILES string of the molecule is COc1cc(-c2cc(C(=O)N3CCC(C(=O)NCc4cn5ccccc5n4)CC3)[nH]n2)c(Cl)cn1. The maximum Gasteiger partial charge on any atom is 0.271 e. The fraction of sp³-hybridized carbons (Fsp3) is 0.292. The van der Waals surface area contributed by atoms with Crippen molar-refractivity contribution in [3.8, 4) is 17.1 Å². The average molecular weight is 494 g/mol. The summed E-state index contributed by atoms with van der Waals surface area (Å²) < 4.78 is 7.07. The molecule has 0 unspecified atom stereocenters. The second-order valence-electron chi connectivity index (χ2n) is 8.36. The molecule has 2 amide bonds. The summed E-state index contributed by atoms with van der Waals surface area (Å²) in [5, 5.41) is 10.4. The van der Waals surface area contributed by atoms with Crippen LogP contribution in [0.3, 0.4) is 0 Å². The van der Waals surface area contributed by atoms with Crippen LogP contribution in [0.15, 0.2) is 48.9 Å². The fourth-order valence-electron chi connectivity index (χ4n) is 4.21. The number of fused-ring (bicyclic) bond motifs is 1. The van der Waals surface area contributed by atoms with E-state index in [2.05, 4.69) is 25.5 Å². The van der Waals surface area contributed by atoms with Gasteiger partial charge in [-0.25, -0.2) is 9.97 Å². The Morgan fingerprint density at radius 2 is 2.09 bits per heavy atom. The number of H-pyrrole nitrogens is 1. The van der Waals surface area contributed by atoms with E-state index in [1.54, 1.807) is 17.0 Å². The molecule has 1 saturated heterocycles. The van der Waals surface area contributed by atoms with Crippen molar-refractivity contribution in [1.29, 1.82) is 0 Å². The summed E-state index contributed by atoms with van der Waals surface area (Å²) in [4.78, 5) is 36.0. The molecule has 0 atom stereocenters. The van der Waals surface area contributed by atoms with Gasteiger partial charge in [0, 0.05) is 43.0 Å². The van der Waals surface area contributed by atoms with E-state index in [0.717, 1.165) is 11.3 Å². The van der Waals surface area contributed by atoms with Crippen molar-refractivity contribution in [2.45, 2.75) is 19.4 Å². The molecule has 180 valence electrons. The summed E-state index contributed by atoms with van der Waals surface area (Å²) in [7, 11) is 1.52. The highest BCUT2D eigenvalue weighted by molar-refractivity contribution is 6.33. The van der Waals surface area contributed by atoms with E-state index in [9.17, 15) is 9.59 Å². The molecule has 1 fully saturated rings. The molecule has 2 N–H and O–H groups in total. The minimum atomic E-state index is -0.163. The summed E-state index contributed by atoms with van der Waals surface area (Å²) in [5.74, 6) is 0.0852. The van der Waals surface area contributed by atoms with Crippen molar-refractivity contribution < 1.29 is 14.3 Å². The zero-order valence-electron chi connectivity index (χ0n) is 19.1. The van der Waals surface area contributed by atoms with Crippen molar-refractivity contribution in [2.24, 2.45) is 5.92 Å². The molecule has 0 radical (unpaired) electrons. The van der Waals surface area contributed by atoms with Gasteiger partial charge in [-0.05, 0) is 31.0 Å². The maximum atomic E-state index is 13.0. The Labute approximate surface area is 206 Å². The zero-order chi connectivity index (χ0) is 24.4. The average Bonchev–Trinajstić information content (AvgIpc) is 3.54. The summed E-state index contributed by atoms with van der Waals surface area (Å²) in [6, 6.07) is 9.11. The predicted octanol–water partition coefficient (Wildman–Crippen LogP) is 2.95. The van der Waals surface area contributed by atoms with E-state index in [1.807, 2.05) is 35.0 Å². The summed E-state index contributed by atoms with van der Waals surface area (Å²) >= 11 is 6.25. The minimum absolute atomic E-state index is 0.0146. The lowest BCUT2D eigenvalue weighted by Gasteiger charge is -2.31. The van der Waals surface area contributed by atoms with E-state index in [0.29, 0.717) is 60.3 Å². The lowest BCUT2D eigenvalue weighted by molar-refractivity contribution is -0.126. The van der Waals surface area contributed by atoms with Gasteiger partial charge in [-0.15, -0.1) is 0 Å². The molecule has 10 nitrogen and oxygen atoms in total. The topological polar surface area (TPSA) is 118 Å². The Morgan fingerprint density at radius 1 is 1.26 bits per heavy atom. The Hall–Kier alpha value is -3.92. The van der Waals surface area contributed by atoms with Gasteiger partial charge in [0.05, 0.1) is 36.3 Å². The number of aromatic nitrogens is 5. The van der Waals surface area contributed by atoms with Gasteiger partial charge in [-0.3, -0.25) is 14.7 Å². The number of amides is 2. The molecular weight excluding hydrogens is 470 g/mol. The van der Waals surface area contributed by atoms with Crippen LogP contribution in [0.5, 0.6) is 5.88 Å². The third-order valence-corrected chi connectivity index (χ3v) is 6.44. The lowest BCUT2D eigenvalue weighted by atomic mass is 9.95. The highest BCUT2D eigenvalue weighted by Gasteiger charge is 2.28. The fourth-order valence-corrected chi connectivity index (χ4v) is 4.41. The molecule has 5 heterocycles. The molecule has 11 heteroatoms. The number of halogens is 1. The Bertz CT molecular complexity index is 1340. The van der Waals surface area contributed by atoms with E-state index in [1.165, 1.54) is 13.3 Å². The van der Waals surface area contributed by atoms with Crippen LogP contribution in [0, 0.1) is 5.92 Å². The lowest BCUT2D eigenvalue weighted by Crippen LogP contribution is -2.43. The predicted molar refractivity (Wildman–Crippen MR) is 129 cm³/mol. The van der Waals surface area contributed by atoms with Crippen LogP contribution >= 0.6 is 11.6 Å². The molecule has 35 heavy (non-hydrogen) atoms. The molecule has 1 aliphatic rings. The first-order valence-electron chi connectivity index (χ1n) is 11.3. The second-order valence-corrected chi connectivity index (χ2v) is 8.76. The molecule has 0 aromatic carbocycles. The summed E-state index contributed by atoms with van der Waals surface area (Å²) in [6.45, 7) is 1.35. The van der Waals surface area contributed by atoms with Crippen LogP contribution in [0.1, 0.15) is 29.0 Å². The molecular formula is C24H24ClN7O3. The number of nitrogens with zero attached hydrogens (tertiary/aromatic N) is 5. The molecule has 4 aromatic rings. The van der Waals surface area contributed by atoms with Crippen molar-refractivity contribution in [2.75, 3.05) is 20.2 Å². The number of pyridine rings is 2. The first-order chi connectivity index (χ1) is 17.0. The summed E-state index contributed by atoms with van der Waals surface area (Å²) in [6.07, 6.45) is 6.50. The highest BCUT2D eigenvalue weighted by Crippen LogP contribution is 2.29. The Morgan fingerprint density at radius 3 is 2.86 bits per heavy atom. The van der Waals surface area contributed by atoms with Gasteiger partial charge in [-0.2, -0.15) is 5.10 Å². The number of likely N-dealkylation sites (tertiary alicyclic amines) is 1. The Balaban J connectivity index is 1.16. The van der Waals surface area contributed by atoms with Crippen LogP contribution < -0.4 is 10.1 Å². The number of aromatic amines is 1. The van der Waals surface area contributed by atoms with Crippen LogP contribution in [0.4, 0.5) is 0 Å². The molecule has 5 rings (SSSR count). The normalized spacial score (nSPS) is 14.3. The van der Waals surface area contributed by atoms with Gasteiger partial charge in [0.1, 0.15) is 11.3 Å². The van der Waals surface area contributed by atoms with E-state index >= 15 is 0 Å². The smallest absolute Gasteiger partial charge is 0.271 e. The standard InChI is InChI=1S/C24H24ClN7O3/c1-35-22-10-17(18(25)13-26-22)19-11-20(30-29-19)24(34)31-8-5-15(6-9-31)23(33)27-12-16-14-32-7-3-2-4-21(32)28-16/h2-4,7,10-11,13-15H,5-6,8-9,12H2,1H3,(H,27,33)(H,29,30). The van der Waals surface area contributed by atoms with Gasteiger partial charge in [0.25, 0.3) is 5.91 Å². The molecule has 0 saturated carbocycles. The number of hydrogen-bond donors (Lipinski definition) is 2. The van der Waals surface area contributed by atoms with Crippen molar-refractivity contribution >= 4 is 29.1 Å². The van der Waals surface area contributed by atoms with Gasteiger partial charge >= 0.3 is 0 Å². The van der Waals surface area contributed by atoms with Crippen LogP contribution in [-0.4, -0.2) is 61.5 Å². The molecule has 0 bridgehead atoms. The first kappa shape index (κ1) is 22.9. The van der Waals surface area contributed by atoms with Gasteiger partial charge < -0.3 is 19.4 Å². The second kappa shape index (κ2) is 9.75. The van der Waals surface area contributed by atoms with Crippen molar-refractivity contribution in [1.82, 2.24) is 34.8 Å². The molecule has 1 aliphatic heterocycles. The Kier molecular flexibility index (Phi) is 6.37. The molecule has 4 aromatic heterocycles. The number of carbonyl (C=O) groups excluding carboxylic acids is 2. The van der Waals surface area contributed by atoms with Crippen molar-refractivity contribution in [3.05, 3.63) is 65.3 Å². The van der Waals surface area contributed by atoms with Crippen LogP contribution in [0.2, 0.25) is 5.02 Å². The number of carbonyl (C=O) groups is 2. The van der Waals surface area contributed by atoms with Gasteiger partial charge in [0.2, 0.25) is 11.8 Å². The minimum Gasteiger partial charge on any atom is -0.481 e. The number of piperidine rings is 1. The van der Waals surface area contributed by atoms with Gasteiger partial charge in [0.15, 0.2) is 0 Å². The maximum absolute atomic E-state index is 13.0. The van der Waals surface area contributed by atoms with E-state index in [4.69, 9.17) is 16.3 Å². The molecule has 0 aliphatic carbocycles. The van der Waals surface area contributed by atoms with Gasteiger partial charge in [-0.1, -0.05) is 17.7 Å². The summed E-state index contributed by atoms with van der Waals surface area (Å²) in [5.41, 5.74) is 3.16. The zero-order valence-corrected chi connectivity index (χ0v) is 19.8. The number of ether oxygens (including phenoxy) is 1. The number of rotatable bonds is 6. The quantitative estimate of drug-likeness (QED) is 0.426. The number of hydrogen-bond acceptors (Lipinski definition) is 6. The number of imidazole rings is 1. The third-order valence-electron chi connectivity index (χ3n) is 6.13. The van der Waals surface area contributed by atoms with E-state index < -0.39 is 0 Å². The first-order valence-corrected chi connectivity index (χ1v) is 11.6. The molecule has 0 spiro atoms. The highest BCUT2D eigenvalue weighted by atomic mass is 35.5. The van der Waals surface area contributed by atoms with Crippen LogP contribution in [0.25, 0.3) is 16.9 Å². The number of methoxy groups -OCH3 is 1. The van der Waals surface area contributed by atoms with Crippen LogP contribution in [-0.2, 0) is 11.3 Å². The van der Waals surface area contributed by atoms with Crippen molar-refractivity contribution in [3.63, 3.8) is 0 Å². The largest absolute Gasteiger partial charge is 0.481 e. The van der Waals surface area contributed by atoms with E-state index in [-0.39, 0.29) is 17.7 Å². The monoisotopic (exact) mass is 493 g/mol. The third kappa shape index (κ3) is 4.83.